The molecule has 0 aliphatic carbocycles. The molecule has 28 heavy (non-hydrogen) atoms. The first-order valence-corrected chi connectivity index (χ1v) is 9.58. The molecule has 150 valence electrons. The van der Waals surface area contributed by atoms with Crippen LogP contribution in [0.5, 0.6) is 11.5 Å². The smallest absolute Gasteiger partial charge is 0.224 e. The van der Waals surface area contributed by atoms with Crippen molar-refractivity contribution in [3.8, 4) is 11.5 Å². The lowest BCUT2D eigenvalue weighted by Crippen LogP contribution is -2.37. The number of likely N-dealkylation sites (tertiary alicyclic amines) is 1. The van der Waals surface area contributed by atoms with Crippen LogP contribution in [0, 0.1) is 5.82 Å². The summed E-state index contributed by atoms with van der Waals surface area (Å²) in [6, 6.07) is 12.0. The first-order chi connectivity index (χ1) is 13.6. The van der Waals surface area contributed by atoms with E-state index in [1.54, 1.807) is 26.4 Å². The van der Waals surface area contributed by atoms with E-state index in [1.165, 1.54) is 12.1 Å². The molecule has 1 aliphatic rings. The number of hydrogen-bond acceptors (Lipinski definition) is 4. The number of hydrogen-bond donors (Lipinski definition) is 1. The number of ether oxygens (including phenoxy) is 2. The van der Waals surface area contributed by atoms with Crippen LogP contribution in [-0.4, -0.2) is 44.7 Å². The standard InChI is InChI=1S/C22H27FN2O3/c1-27-20-10-7-17(14-21(20)28-2)19(25-11-3-4-12-25)15-24-22(26)13-16-5-8-18(23)9-6-16/h5-10,14,19H,3-4,11-13,15H2,1-2H3,(H,24,26). The topological polar surface area (TPSA) is 50.8 Å². The van der Waals surface area contributed by atoms with Gasteiger partial charge in [0.05, 0.1) is 26.7 Å². The maximum Gasteiger partial charge on any atom is 0.224 e. The molecule has 3 rings (SSSR count). The van der Waals surface area contributed by atoms with Gasteiger partial charge in [-0.1, -0.05) is 18.2 Å². The van der Waals surface area contributed by atoms with E-state index < -0.39 is 0 Å². The molecule has 0 bridgehead atoms. The summed E-state index contributed by atoms with van der Waals surface area (Å²) in [6.07, 6.45) is 2.56. The lowest BCUT2D eigenvalue weighted by Gasteiger charge is -2.28. The van der Waals surface area contributed by atoms with E-state index in [-0.39, 0.29) is 24.2 Å². The van der Waals surface area contributed by atoms with Crippen LogP contribution < -0.4 is 14.8 Å². The van der Waals surface area contributed by atoms with Gasteiger partial charge in [0, 0.05) is 6.54 Å². The summed E-state index contributed by atoms with van der Waals surface area (Å²) in [5.41, 5.74) is 1.88. The average Bonchev–Trinajstić information content (AvgIpc) is 3.24. The predicted molar refractivity (Wildman–Crippen MR) is 106 cm³/mol. The largest absolute Gasteiger partial charge is 0.493 e. The zero-order chi connectivity index (χ0) is 19.9. The predicted octanol–water partition coefficient (Wildman–Crippen LogP) is 3.34. The first kappa shape index (κ1) is 20.1. The molecule has 1 heterocycles. The van der Waals surface area contributed by atoms with Gasteiger partial charge in [0.2, 0.25) is 5.91 Å². The summed E-state index contributed by atoms with van der Waals surface area (Å²) >= 11 is 0. The highest BCUT2D eigenvalue weighted by Gasteiger charge is 2.25. The van der Waals surface area contributed by atoms with Gasteiger partial charge in [-0.2, -0.15) is 0 Å². The maximum absolute atomic E-state index is 13.0. The second-order valence-corrected chi connectivity index (χ2v) is 6.98. The number of nitrogens with zero attached hydrogens (tertiary/aromatic N) is 1. The van der Waals surface area contributed by atoms with Crippen LogP contribution in [0.25, 0.3) is 0 Å². The van der Waals surface area contributed by atoms with Gasteiger partial charge in [-0.25, -0.2) is 4.39 Å². The SMILES string of the molecule is COc1ccc(C(CNC(=O)Cc2ccc(F)cc2)N2CCCC2)cc1OC. The molecule has 0 spiro atoms. The second-order valence-electron chi connectivity index (χ2n) is 6.98. The van der Waals surface area contributed by atoms with E-state index in [0.717, 1.165) is 37.1 Å². The average molecular weight is 386 g/mol. The monoisotopic (exact) mass is 386 g/mol. The minimum Gasteiger partial charge on any atom is -0.493 e. The van der Waals surface area contributed by atoms with E-state index in [2.05, 4.69) is 10.2 Å². The lowest BCUT2D eigenvalue weighted by molar-refractivity contribution is -0.120. The molecule has 0 aromatic heterocycles. The molecular formula is C22H27FN2O3. The number of halogens is 1. The number of carbonyl (C=O) groups is 1. The van der Waals surface area contributed by atoms with Crippen LogP contribution in [0.3, 0.4) is 0 Å². The van der Waals surface area contributed by atoms with Crippen LogP contribution in [-0.2, 0) is 11.2 Å². The summed E-state index contributed by atoms with van der Waals surface area (Å²) in [5.74, 6) is 0.997. The van der Waals surface area contributed by atoms with Gasteiger partial charge in [-0.05, 0) is 61.3 Å². The highest BCUT2D eigenvalue weighted by atomic mass is 19.1. The summed E-state index contributed by atoms with van der Waals surface area (Å²) in [5, 5.41) is 3.04. The van der Waals surface area contributed by atoms with Crippen LogP contribution in [0.15, 0.2) is 42.5 Å². The molecule has 5 nitrogen and oxygen atoms in total. The fourth-order valence-electron chi connectivity index (χ4n) is 3.63. The molecular weight excluding hydrogens is 359 g/mol. The minimum atomic E-state index is -0.299. The number of rotatable bonds is 8. The number of benzene rings is 2. The molecule has 0 saturated carbocycles. The molecule has 1 fully saturated rings. The third-order valence-electron chi connectivity index (χ3n) is 5.14. The number of carbonyl (C=O) groups excluding carboxylic acids is 1. The Labute approximate surface area is 165 Å². The summed E-state index contributed by atoms with van der Waals surface area (Å²) in [6.45, 7) is 2.52. The van der Waals surface area contributed by atoms with E-state index in [9.17, 15) is 9.18 Å². The van der Waals surface area contributed by atoms with Crippen molar-refractivity contribution in [3.63, 3.8) is 0 Å². The third-order valence-corrected chi connectivity index (χ3v) is 5.14. The molecule has 1 saturated heterocycles. The Morgan fingerprint density at radius 1 is 1.07 bits per heavy atom. The molecule has 2 aromatic carbocycles. The Balaban J connectivity index is 1.70. The van der Waals surface area contributed by atoms with Crippen LogP contribution in [0.2, 0.25) is 0 Å². The Morgan fingerprint density at radius 3 is 2.39 bits per heavy atom. The first-order valence-electron chi connectivity index (χ1n) is 9.58. The zero-order valence-corrected chi connectivity index (χ0v) is 16.4. The normalized spacial score (nSPS) is 15.2. The van der Waals surface area contributed by atoms with Crippen LogP contribution in [0.1, 0.15) is 30.0 Å². The van der Waals surface area contributed by atoms with Crippen molar-refractivity contribution >= 4 is 5.91 Å². The van der Waals surface area contributed by atoms with Gasteiger partial charge in [0.15, 0.2) is 11.5 Å². The molecule has 1 atom stereocenters. The molecule has 1 aliphatic heterocycles. The Kier molecular flexibility index (Phi) is 6.87. The van der Waals surface area contributed by atoms with Crippen molar-refractivity contribution in [2.45, 2.75) is 25.3 Å². The van der Waals surface area contributed by atoms with Gasteiger partial charge in [0.25, 0.3) is 0 Å². The lowest BCUT2D eigenvalue weighted by atomic mass is 10.0. The summed E-state index contributed by atoms with van der Waals surface area (Å²) in [4.78, 5) is 14.8. The Morgan fingerprint density at radius 2 is 1.75 bits per heavy atom. The number of nitrogens with one attached hydrogen (secondary N) is 1. The van der Waals surface area contributed by atoms with Crippen LogP contribution in [0.4, 0.5) is 4.39 Å². The second kappa shape index (κ2) is 9.55. The summed E-state index contributed by atoms with van der Waals surface area (Å²) in [7, 11) is 3.24. The van der Waals surface area contributed by atoms with Crippen molar-refractivity contribution in [1.82, 2.24) is 10.2 Å². The van der Waals surface area contributed by atoms with Crippen molar-refractivity contribution in [2.24, 2.45) is 0 Å². The highest BCUT2D eigenvalue weighted by Crippen LogP contribution is 2.33. The minimum absolute atomic E-state index is 0.0690. The van der Waals surface area contributed by atoms with Crippen molar-refractivity contribution in [2.75, 3.05) is 33.9 Å². The Bertz CT molecular complexity index is 789. The fourth-order valence-corrected chi connectivity index (χ4v) is 3.63. The quantitative estimate of drug-likeness (QED) is 0.756. The molecule has 2 aromatic rings. The Hall–Kier alpha value is -2.60. The van der Waals surface area contributed by atoms with Gasteiger partial charge in [-0.15, -0.1) is 0 Å². The van der Waals surface area contributed by atoms with Gasteiger partial charge in [0.1, 0.15) is 5.82 Å². The van der Waals surface area contributed by atoms with Gasteiger partial charge in [-0.3, -0.25) is 9.69 Å². The van der Waals surface area contributed by atoms with Crippen molar-refractivity contribution < 1.29 is 18.7 Å². The van der Waals surface area contributed by atoms with Gasteiger partial charge >= 0.3 is 0 Å². The molecule has 1 unspecified atom stereocenters. The number of amides is 1. The fraction of sp³-hybridized carbons (Fsp3) is 0.409. The van der Waals surface area contributed by atoms with Gasteiger partial charge < -0.3 is 14.8 Å². The highest BCUT2D eigenvalue weighted by molar-refractivity contribution is 5.78. The van der Waals surface area contributed by atoms with E-state index >= 15 is 0 Å². The zero-order valence-electron chi connectivity index (χ0n) is 16.4. The molecule has 1 amide bonds. The van der Waals surface area contributed by atoms with E-state index in [1.807, 2.05) is 18.2 Å². The van der Waals surface area contributed by atoms with Crippen molar-refractivity contribution in [1.29, 1.82) is 0 Å². The van der Waals surface area contributed by atoms with Crippen LogP contribution >= 0.6 is 0 Å². The molecule has 1 N–H and O–H groups in total. The van der Waals surface area contributed by atoms with Crippen molar-refractivity contribution in [3.05, 3.63) is 59.4 Å². The third kappa shape index (κ3) is 5.01. The number of methoxy groups -OCH3 is 2. The summed E-state index contributed by atoms with van der Waals surface area (Å²) < 4.78 is 23.8. The molecule has 0 radical (unpaired) electrons. The van der Waals surface area contributed by atoms with E-state index in [4.69, 9.17) is 9.47 Å². The maximum atomic E-state index is 13.0. The van der Waals surface area contributed by atoms with E-state index in [0.29, 0.717) is 18.0 Å². The molecule has 6 heteroatoms.